The minimum atomic E-state index is -2.97. The Kier molecular flexibility index (Phi) is 6.71. The van der Waals surface area contributed by atoms with Gasteiger partial charge in [-0.1, -0.05) is 17.7 Å². The molecular formula is C23H25ClN4O4S. The topological polar surface area (TPSA) is 105 Å². The van der Waals surface area contributed by atoms with E-state index in [1.54, 1.807) is 18.5 Å². The molecule has 1 aliphatic heterocycles. The third kappa shape index (κ3) is 5.72. The van der Waals surface area contributed by atoms with E-state index in [1.165, 1.54) is 0 Å². The first kappa shape index (κ1) is 23.3. The molecule has 8 nitrogen and oxygen atoms in total. The lowest BCUT2D eigenvalue weighted by Crippen LogP contribution is -2.41. The number of nitrogens with zero attached hydrogens (tertiary/aromatic N) is 3. The van der Waals surface area contributed by atoms with Crippen LogP contribution in [0.15, 0.2) is 47.1 Å². The van der Waals surface area contributed by atoms with Crippen LogP contribution in [0.5, 0.6) is 0 Å². The molecule has 1 amide bonds. The van der Waals surface area contributed by atoms with E-state index in [0.29, 0.717) is 35.4 Å². The number of aromatic nitrogens is 2. The van der Waals surface area contributed by atoms with Gasteiger partial charge in [0.2, 0.25) is 11.9 Å². The number of carbonyl (C=O) groups is 1. The summed E-state index contributed by atoms with van der Waals surface area (Å²) in [5.41, 5.74) is 2.50. The fourth-order valence-electron chi connectivity index (χ4n) is 3.79. The molecule has 1 atom stereocenters. The van der Waals surface area contributed by atoms with Crippen LogP contribution >= 0.6 is 11.6 Å². The van der Waals surface area contributed by atoms with E-state index in [9.17, 15) is 13.2 Å². The van der Waals surface area contributed by atoms with Crippen molar-refractivity contribution in [3.05, 3.63) is 76.0 Å². The summed E-state index contributed by atoms with van der Waals surface area (Å²) in [4.78, 5) is 23.4. The number of carbonyl (C=O) groups excluding carboxylic acids is 1. The van der Waals surface area contributed by atoms with Crippen molar-refractivity contribution < 1.29 is 17.6 Å². The maximum atomic E-state index is 12.9. The van der Waals surface area contributed by atoms with Gasteiger partial charge in [0, 0.05) is 30.5 Å². The fourth-order valence-corrected chi connectivity index (χ4v) is 5.21. The monoisotopic (exact) mass is 488 g/mol. The van der Waals surface area contributed by atoms with Gasteiger partial charge in [-0.2, -0.15) is 0 Å². The average molecular weight is 489 g/mol. The largest absolute Gasteiger partial charge is 0.464 e. The molecule has 1 fully saturated rings. The number of amides is 1. The minimum absolute atomic E-state index is 0.0947. The maximum Gasteiger partial charge on any atom is 0.225 e. The summed E-state index contributed by atoms with van der Waals surface area (Å²) in [7, 11) is -2.97. The molecule has 0 radical (unpaired) electrons. The van der Waals surface area contributed by atoms with Crippen molar-refractivity contribution in [2.75, 3.05) is 29.5 Å². The first-order chi connectivity index (χ1) is 15.7. The molecule has 1 N–H and O–H groups in total. The van der Waals surface area contributed by atoms with E-state index < -0.39 is 15.9 Å². The van der Waals surface area contributed by atoms with E-state index in [4.69, 9.17) is 16.0 Å². The quantitative estimate of drug-likeness (QED) is 0.568. The minimum Gasteiger partial charge on any atom is -0.464 e. The summed E-state index contributed by atoms with van der Waals surface area (Å²) < 4.78 is 29.0. The van der Waals surface area contributed by atoms with Crippen molar-refractivity contribution in [2.24, 2.45) is 0 Å². The van der Waals surface area contributed by atoms with Gasteiger partial charge in [0.25, 0.3) is 0 Å². The lowest BCUT2D eigenvalue weighted by molar-refractivity contribution is -0.121. The molecule has 10 heteroatoms. The van der Waals surface area contributed by atoms with E-state index in [0.717, 1.165) is 16.9 Å². The smallest absolute Gasteiger partial charge is 0.225 e. The van der Waals surface area contributed by atoms with Crippen LogP contribution in [0.2, 0.25) is 5.02 Å². The summed E-state index contributed by atoms with van der Waals surface area (Å²) in [6.07, 6.45) is 3.30. The molecule has 2 aromatic heterocycles. The molecule has 4 rings (SSSR count). The molecule has 0 aliphatic carbocycles. The van der Waals surface area contributed by atoms with Crippen LogP contribution in [0.3, 0.4) is 0 Å². The molecule has 1 aliphatic rings. The second-order valence-electron chi connectivity index (χ2n) is 8.16. The first-order valence-electron chi connectivity index (χ1n) is 10.6. The Balaban J connectivity index is 1.46. The zero-order chi connectivity index (χ0) is 23.6. The van der Waals surface area contributed by atoms with Gasteiger partial charge >= 0.3 is 0 Å². The highest BCUT2D eigenvalue weighted by Crippen LogP contribution is 2.28. The summed E-state index contributed by atoms with van der Waals surface area (Å²) in [6.45, 7) is 4.53. The number of benzene rings is 1. The summed E-state index contributed by atoms with van der Waals surface area (Å²) in [5.74, 6) is 1.85. The Labute approximate surface area is 197 Å². The molecule has 0 spiro atoms. The molecule has 3 heterocycles. The number of sulfone groups is 1. The molecular weight excluding hydrogens is 464 g/mol. The molecule has 174 valence electrons. The molecule has 0 saturated carbocycles. The Morgan fingerprint density at radius 1 is 1.15 bits per heavy atom. The second-order valence-corrected chi connectivity index (χ2v) is 10.9. The average Bonchev–Trinajstić information content (AvgIpc) is 3.19. The van der Waals surface area contributed by atoms with Gasteiger partial charge in [0.15, 0.2) is 9.84 Å². The third-order valence-corrected chi connectivity index (χ3v) is 7.42. The number of rotatable bonds is 6. The van der Waals surface area contributed by atoms with Crippen molar-refractivity contribution in [1.82, 2.24) is 15.3 Å². The third-order valence-electron chi connectivity index (χ3n) is 5.58. The van der Waals surface area contributed by atoms with E-state index in [1.807, 2.05) is 43.0 Å². The molecule has 3 aromatic rings. The number of aryl methyl sites for hydroxylation is 2. The second kappa shape index (κ2) is 9.52. The molecule has 1 aromatic carbocycles. The Morgan fingerprint density at radius 2 is 1.85 bits per heavy atom. The summed E-state index contributed by atoms with van der Waals surface area (Å²) in [6, 6.07) is 8.78. The fraction of sp³-hybridized carbons (Fsp3) is 0.348. The van der Waals surface area contributed by atoms with Crippen molar-refractivity contribution in [1.29, 1.82) is 0 Å². The Bertz CT molecular complexity index is 1240. The number of hydrogen-bond donors (Lipinski definition) is 1. The first-order valence-corrected chi connectivity index (χ1v) is 12.8. The maximum absolute atomic E-state index is 12.9. The van der Waals surface area contributed by atoms with Gasteiger partial charge in [-0.15, -0.1) is 0 Å². The van der Waals surface area contributed by atoms with Crippen LogP contribution in [0.1, 0.15) is 34.3 Å². The van der Waals surface area contributed by atoms with Gasteiger partial charge in [0.1, 0.15) is 17.6 Å². The van der Waals surface area contributed by atoms with Crippen LogP contribution in [0, 0.1) is 13.8 Å². The van der Waals surface area contributed by atoms with Crippen LogP contribution in [0.25, 0.3) is 0 Å². The van der Waals surface area contributed by atoms with Crippen LogP contribution in [0.4, 0.5) is 5.95 Å². The van der Waals surface area contributed by atoms with Crippen molar-refractivity contribution in [2.45, 2.75) is 26.3 Å². The lowest BCUT2D eigenvalue weighted by Gasteiger charge is -2.26. The number of hydrogen-bond acceptors (Lipinski definition) is 7. The van der Waals surface area contributed by atoms with Crippen LogP contribution in [-0.4, -0.2) is 48.9 Å². The standard InChI is InChI=1S/C23H25ClN4O4S/c1-15-11-18(24)4-5-19(15)22(20-6-3-16(2)32-20)27-21(29)12-17-13-25-23(26-14-17)28-7-9-33(30,31)10-8-28/h3-6,11,13-14,22H,7-10,12H2,1-2H3,(H,27,29). The van der Waals surface area contributed by atoms with E-state index in [-0.39, 0.29) is 23.8 Å². The van der Waals surface area contributed by atoms with Gasteiger partial charge < -0.3 is 14.6 Å². The lowest BCUT2D eigenvalue weighted by atomic mass is 9.99. The highest BCUT2D eigenvalue weighted by molar-refractivity contribution is 7.91. The van der Waals surface area contributed by atoms with Gasteiger partial charge in [-0.25, -0.2) is 18.4 Å². The van der Waals surface area contributed by atoms with Crippen LogP contribution < -0.4 is 10.2 Å². The number of furan rings is 1. The SMILES string of the molecule is Cc1ccc(C(NC(=O)Cc2cnc(N3CCS(=O)(=O)CC3)nc2)c2ccc(Cl)cc2C)o1. The van der Waals surface area contributed by atoms with Crippen molar-refractivity contribution in [3.63, 3.8) is 0 Å². The predicted molar refractivity (Wildman–Crippen MR) is 126 cm³/mol. The van der Waals surface area contributed by atoms with E-state index in [2.05, 4.69) is 15.3 Å². The summed E-state index contributed by atoms with van der Waals surface area (Å²) >= 11 is 6.11. The zero-order valence-electron chi connectivity index (χ0n) is 18.4. The molecule has 1 unspecified atom stereocenters. The van der Waals surface area contributed by atoms with E-state index >= 15 is 0 Å². The highest BCUT2D eigenvalue weighted by atomic mass is 35.5. The highest BCUT2D eigenvalue weighted by Gasteiger charge is 2.24. The predicted octanol–water partition coefficient (Wildman–Crippen LogP) is 3.02. The van der Waals surface area contributed by atoms with Gasteiger partial charge in [-0.05, 0) is 54.8 Å². The van der Waals surface area contributed by atoms with Crippen molar-refractivity contribution in [3.8, 4) is 0 Å². The molecule has 33 heavy (non-hydrogen) atoms. The zero-order valence-corrected chi connectivity index (χ0v) is 20.0. The van der Waals surface area contributed by atoms with Gasteiger partial charge in [-0.3, -0.25) is 4.79 Å². The molecule has 1 saturated heterocycles. The Morgan fingerprint density at radius 3 is 2.45 bits per heavy atom. The summed E-state index contributed by atoms with van der Waals surface area (Å²) in [5, 5.41) is 3.68. The number of halogens is 1. The number of nitrogens with one attached hydrogen (secondary N) is 1. The normalized spacial score (nSPS) is 16.4. The van der Waals surface area contributed by atoms with Crippen molar-refractivity contribution >= 4 is 33.3 Å². The van der Waals surface area contributed by atoms with Gasteiger partial charge in [0.05, 0.1) is 17.9 Å². The number of anilines is 1. The molecule has 0 bridgehead atoms. The van der Waals surface area contributed by atoms with Crippen LogP contribution in [-0.2, 0) is 21.1 Å². The Hall–Kier alpha value is -2.91.